The van der Waals surface area contributed by atoms with Crippen LogP contribution in [0.15, 0.2) is 4.99 Å². The van der Waals surface area contributed by atoms with E-state index in [1.165, 1.54) is 38.9 Å². The van der Waals surface area contributed by atoms with Crippen LogP contribution in [0.3, 0.4) is 0 Å². The highest BCUT2D eigenvalue weighted by atomic mass is 16.5. The van der Waals surface area contributed by atoms with Crippen molar-refractivity contribution in [1.29, 1.82) is 0 Å². The molecule has 6 nitrogen and oxygen atoms in total. The van der Waals surface area contributed by atoms with Gasteiger partial charge in [0.15, 0.2) is 5.96 Å². The highest BCUT2D eigenvalue weighted by molar-refractivity contribution is 5.80. The number of hydrogen-bond acceptors (Lipinski definition) is 4. The number of ether oxygens (including phenoxy) is 1. The van der Waals surface area contributed by atoms with Crippen molar-refractivity contribution in [2.45, 2.75) is 58.5 Å². The Bertz CT molecular complexity index is 374. The van der Waals surface area contributed by atoms with Gasteiger partial charge in [-0.2, -0.15) is 0 Å². The first-order chi connectivity index (χ1) is 12.2. The van der Waals surface area contributed by atoms with E-state index >= 15 is 0 Å². The molecule has 0 amide bonds. The van der Waals surface area contributed by atoms with Crippen molar-refractivity contribution in [3.8, 4) is 0 Å². The summed E-state index contributed by atoms with van der Waals surface area (Å²) >= 11 is 0. The third kappa shape index (κ3) is 7.92. The Labute approximate surface area is 154 Å². The minimum Gasteiger partial charge on any atom is -0.379 e. The second-order valence-electron chi connectivity index (χ2n) is 7.47. The van der Waals surface area contributed by atoms with Crippen molar-refractivity contribution in [2.75, 3.05) is 59.0 Å². The molecular formula is C19H39N5O. The summed E-state index contributed by atoms with van der Waals surface area (Å²) < 4.78 is 5.39. The zero-order chi connectivity index (χ0) is 17.9. The van der Waals surface area contributed by atoms with Crippen LogP contribution in [0, 0.1) is 0 Å². The number of nitrogens with zero attached hydrogens (tertiary/aromatic N) is 3. The molecule has 0 aromatic carbocycles. The SMILES string of the molecule is CCNC(=NCCCCN1CCOCC1)NC1CCN(C(C)C)CC1. The summed E-state index contributed by atoms with van der Waals surface area (Å²) in [5.41, 5.74) is 0. The van der Waals surface area contributed by atoms with Crippen LogP contribution in [0.1, 0.15) is 46.5 Å². The zero-order valence-corrected chi connectivity index (χ0v) is 16.6. The largest absolute Gasteiger partial charge is 0.379 e. The number of likely N-dealkylation sites (tertiary alicyclic amines) is 1. The van der Waals surface area contributed by atoms with Crippen molar-refractivity contribution in [3.63, 3.8) is 0 Å². The molecular weight excluding hydrogens is 314 g/mol. The number of morpholine rings is 1. The van der Waals surface area contributed by atoms with E-state index in [-0.39, 0.29) is 0 Å². The molecule has 0 saturated carbocycles. The van der Waals surface area contributed by atoms with Gasteiger partial charge >= 0.3 is 0 Å². The molecule has 0 aromatic rings. The molecule has 0 aromatic heterocycles. The van der Waals surface area contributed by atoms with E-state index in [1.54, 1.807) is 0 Å². The summed E-state index contributed by atoms with van der Waals surface area (Å²) in [6, 6.07) is 1.22. The lowest BCUT2D eigenvalue weighted by atomic mass is 10.0. The Balaban J connectivity index is 1.64. The topological polar surface area (TPSA) is 52.1 Å². The average molecular weight is 354 g/mol. The first kappa shape index (κ1) is 20.5. The van der Waals surface area contributed by atoms with Crippen molar-refractivity contribution in [3.05, 3.63) is 0 Å². The van der Waals surface area contributed by atoms with Crippen molar-refractivity contribution < 1.29 is 4.74 Å². The Kier molecular flexibility index (Phi) is 9.58. The molecule has 2 saturated heterocycles. The monoisotopic (exact) mass is 353 g/mol. The van der Waals surface area contributed by atoms with E-state index < -0.39 is 0 Å². The smallest absolute Gasteiger partial charge is 0.191 e. The molecule has 2 rings (SSSR count). The second-order valence-corrected chi connectivity index (χ2v) is 7.47. The molecule has 2 aliphatic heterocycles. The molecule has 2 heterocycles. The van der Waals surface area contributed by atoms with Crippen LogP contribution in [0.25, 0.3) is 0 Å². The Morgan fingerprint density at radius 3 is 2.48 bits per heavy atom. The summed E-state index contributed by atoms with van der Waals surface area (Å²) in [5.74, 6) is 0.997. The number of piperidine rings is 1. The van der Waals surface area contributed by atoms with E-state index in [4.69, 9.17) is 9.73 Å². The van der Waals surface area contributed by atoms with Gasteiger partial charge < -0.3 is 20.3 Å². The number of guanidine groups is 1. The van der Waals surface area contributed by atoms with Crippen LogP contribution in [0.4, 0.5) is 0 Å². The second kappa shape index (κ2) is 11.7. The third-order valence-corrected chi connectivity index (χ3v) is 5.20. The number of unbranched alkanes of at least 4 members (excludes halogenated alkanes) is 1. The van der Waals surface area contributed by atoms with Gasteiger partial charge in [0, 0.05) is 51.4 Å². The van der Waals surface area contributed by atoms with Crippen LogP contribution >= 0.6 is 0 Å². The minimum absolute atomic E-state index is 0.557. The number of rotatable bonds is 8. The maximum Gasteiger partial charge on any atom is 0.191 e. The fraction of sp³-hybridized carbons (Fsp3) is 0.947. The molecule has 0 spiro atoms. The minimum atomic E-state index is 0.557. The molecule has 0 aliphatic carbocycles. The fourth-order valence-electron chi connectivity index (χ4n) is 3.54. The van der Waals surface area contributed by atoms with E-state index in [0.717, 1.165) is 51.8 Å². The van der Waals surface area contributed by atoms with Gasteiger partial charge in [0.1, 0.15) is 0 Å². The zero-order valence-electron chi connectivity index (χ0n) is 16.6. The first-order valence-corrected chi connectivity index (χ1v) is 10.3. The Hall–Kier alpha value is -0.850. The van der Waals surface area contributed by atoms with Gasteiger partial charge in [-0.3, -0.25) is 9.89 Å². The van der Waals surface area contributed by atoms with Crippen LogP contribution in [-0.4, -0.2) is 86.9 Å². The lowest BCUT2D eigenvalue weighted by Crippen LogP contribution is -2.49. The van der Waals surface area contributed by atoms with Gasteiger partial charge in [0.25, 0.3) is 0 Å². The fourth-order valence-corrected chi connectivity index (χ4v) is 3.54. The van der Waals surface area contributed by atoms with Gasteiger partial charge in [-0.15, -0.1) is 0 Å². The van der Waals surface area contributed by atoms with Gasteiger partial charge in [-0.1, -0.05) is 0 Å². The molecule has 0 radical (unpaired) electrons. The molecule has 2 aliphatic rings. The highest BCUT2D eigenvalue weighted by Crippen LogP contribution is 2.12. The summed E-state index contributed by atoms with van der Waals surface area (Å²) in [6.07, 6.45) is 4.79. The van der Waals surface area contributed by atoms with Crippen molar-refractivity contribution >= 4 is 5.96 Å². The summed E-state index contributed by atoms with van der Waals surface area (Å²) in [7, 11) is 0. The lowest BCUT2D eigenvalue weighted by molar-refractivity contribution is 0.0373. The molecule has 2 N–H and O–H groups in total. The number of hydrogen-bond donors (Lipinski definition) is 2. The van der Waals surface area contributed by atoms with E-state index in [2.05, 4.69) is 41.2 Å². The predicted molar refractivity (Wildman–Crippen MR) is 105 cm³/mol. The van der Waals surface area contributed by atoms with Crippen LogP contribution in [0.2, 0.25) is 0 Å². The Morgan fingerprint density at radius 2 is 1.84 bits per heavy atom. The average Bonchev–Trinajstić information content (AvgIpc) is 2.63. The molecule has 0 unspecified atom stereocenters. The molecule has 25 heavy (non-hydrogen) atoms. The number of nitrogens with one attached hydrogen (secondary N) is 2. The van der Waals surface area contributed by atoms with Gasteiger partial charge in [-0.25, -0.2) is 0 Å². The highest BCUT2D eigenvalue weighted by Gasteiger charge is 2.21. The molecule has 2 fully saturated rings. The summed E-state index contributed by atoms with van der Waals surface area (Å²) in [6.45, 7) is 16.0. The van der Waals surface area contributed by atoms with E-state index in [1.807, 2.05) is 0 Å². The van der Waals surface area contributed by atoms with Crippen molar-refractivity contribution in [2.24, 2.45) is 4.99 Å². The normalized spacial score (nSPS) is 21.7. The maximum absolute atomic E-state index is 5.39. The maximum atomic E-state index is 5.39. The summed E-state index contributed by atoms with van der Waals surface area (Å²) in [4.78, 5) is 9.84. The van der Waals surface area contributed by atoms with Gasteiger partial charge in [0.05, 0.1) is 13.2 Å². The first-order valence-electron chi connectivity index (χ1n) is 10.3. The van der Waals surface area contributed by atoms with Crippen LogP contribution < -0.4 is 10.6 Å². The third-order valence-electron chi connectivity index (χ3n) is 5.20. The molecule has 146 valence electrons. The van der Waals surface area contributed by atoms with Crippen molar-refractivity contribution in [1.82, 2.24) is 20.4 Å². The Morgan fingerprint density at radius 1 is 1.12 bits per heavy atom. The number of aliphatic imine (C=N–C) groups is 1. The van der Waals surface area contributed by atoms with Gasteiger partial charge in [0.2, 0.25) is 0 Å². The van der Waals surface area contributed by atoms with E-state index in [9.17, 15) is 0 Å². The molecule has 0 atom stereocenters. The quantitative estimate of drug-likeness (QED) is 0.394. The van der Waals surface area contributed by atoms with Gasteiger partial charge in [-0.05, 0) is 53.0 Å². The van der Waals surface area contributed by atoms with Crippen LogP contribution in [-0.2, 0) is 4.74 Å². The standard InChI is InChI=1S/C19H39N5O/c1-4-20-19(22-18-7-11-24(12-8-18)17(2)3)21-9-5-6-10-23-13-15-25-16-14-23/h17-18H,4-16H2,1-3H3,(H2,20,21,22). The van der Waals surface area contributed by atoms with E-state index in [0.29, 0.717) is 12.1 Å². The summed E-state index contributed by atoms with van der Waals surface area (Å²) in [5, 5.41) is 7.04. The molecule has 0 bridgehead atoms. The molecule has 6 heteroatoms. The predicted octanol–water partition coefficient (Wildman–Crippen LogP) is 1.53. The van der Waals surface area contributed by atoms with Crippen LogP contribution in [0.5, 0.6) is 0 Å². The lowest BCUT2D eigenvalue weighted by Gasteiger charge is -2.35.